The Morgan fingerprint density at radius 2 is 1.94 bits per heavy atom. The average Bonchev–Trinajstić information content (AvgIpc) is 3.26. The molecule has 2 N–H and O–H groups in total. The number of pyridine rings is 1. The van der Waals surface area contributed by atoms with E-state index in [1.54, 1.807) is 6.20 Å². The molecule has 6 nitrogen and oxygen atoms in total. The van der Waals surface area contributed by atoms with Crippen molar-refractivity contribution in [1.82, 2.24) is 15.6 Å². The van der Waals surface area contributed by atoms with Crippen LogP contribution >= 0.6 is 47.3 Å². The highest BCUT2D eigenvalue weighted by Crippen LogP contribution is 2.25. The molecule has 0 amide bonds. The predicted octanol–water partition coefficient (Wildman–Crippen LogP) is 3.85. The molecule has 0 radical (unpaired) electrons. The molecule has 2 aromatic rings. The number of rotatable bonds is 5. The van der Waals surface area contributed by atoms with Gasteiger partial charge in [-0.15, -0.1) is 24.0 Å². The second kappa shape index (κ2) is 12.0. The van der Waals surface area contributed by atoms with Crippen LogP contribution in [0.1, 0.15) is 12.0 Å². The Balaban J connectivity index is 0.00000272. The number of hydrogen-bond acceptors (Lipinski definition) is 5. The van der Waals surface area contributed by atoms with Crippen LogP contribution in [0, 0.1) is 0 Å². The lowest BCUT2D eigenvalue weighted by Crippen LogP contribution is -2.44. The summed E-state index contributed by atoms with van der Waals surface area (Å²) in [6.45, 7) is 4.82. The summed E-state index contributed by atoms with van der Waals surface area (Å²) in [6, 6.07) is 12.9. The lowest BCUT2D eigenvalue weighted by molar-refractivity contribution is 0.648. The van der Waals surface area contributed by atoms with Crippen LogP contribution in [0.4, 0.5) is 11.5 Å². The first-order valence-electron chi connectivity index (χ1n) is 10.5. The number of aliphatic imine (C=N–C) groups is 1. The molecule has 0 saturated carbocycles. The summed E-state index contributed by atoms with van der Waals surface area (Å²) in [6.07, 6.45) is 2.81. The van der Waals surface area contributed by atoms with Crippen LogP contribution in [-0.2, 0) is 6.54 Å². The Morgan fingerprint density at radius 3 is 2.65 bits per heavy atom. The third kappa shape index (κ3) is 6.55. The first kappa shape index (κ1) is 24.3. The Hall–Kier alpha value is -1.39. The molecule has 168 valence electrons. The minimum atomic E-state index is 0. The number of thioether (sulfide) groups is 1. The molecule has 9 heteroatoms. The molecule has 1 aromatic heterocycles. The van der Waals surface area contributed by atoms with E-state index in [1.165, 1.54) is 22.8 Å². The second-order valence-corrected chi connectivity index (χ2v) is 9.21. The van der Waals surface area contributed by atoms with Gasteiger partial charge in [-0.3, -0.25) is 4.99 Å². The van der Waals surface area contributed by atoms with Crippen LogP contribution in [-0.4, -0.2) is 61.7 Å². The number of nitrogens with zero attached hydrogens (tertiary/aromatic N) is 4. The molecule has 2 saturated heterocycles. The van der Waals surface area contributed by atoms with Crippen molar-refractivity contribution in [3.8, 4) is 0 Å². The van der Waals surface area contributed by atoms with Gasteiger partial charge in [0.2, 0.25) is 0 Å². The fraction of sp³-hybridized carbons (Fsp3) is 0.455. The van der Waals surface area contributed by atoms with Gasteiger partial charge < -0.3 is 20.4 Å². The summed E-state index contributed by atoms with van der Waals surface area (Å²) >= 11 is 8.34. The summed E-state index contributed by atoms with van der Waals surface area (Å²) < 4.78 is 0. The van der Waals surface area contributed by atoms with Crippen molar-refractivity contribution in [2.75, 3.05) is 54.5 Å². The van der Waals surface area contributed by atoms with Crippen molar-refractivity contribution >= 4 is 64.8 Å². The zero-order valence-electron chi connectivity index (χ0n) is 17.8. The first-order valence-corrected chi connectivity index (χ1v) is 12.0. The molecule has 1 unspecified atom stereocenters. The van der Waals surface area contributed by atoms with Crippen molar-refractivity contribution in [2.45, 2.75) is 19.0 Å². The number of hydrogen-bond donors (Lipinski definition) is 2. The number of guanidine groups is 1. The van der Waals surface area contributed by atoms with Crippen LogP contribution in [0.25, 0.3) is 0 Å². The second-order valence-electron chi connectivity index (χ2n) is 7.58. The molecule has 1 aromatic carbocycles. The zero-order chi connectivity index (χ0) is 20.8. The molecule has 4 rings (SSSR count). The van der Waals surface area contributed by atoms with Crippen molar-refractivity contribution in [3.05, 3.63) is 53.2 Å². The van der Waals surface area contributed by atoms with Crippen LogP contribution in [0.3, 0.4) is 0 Å². The minimum Gasteiger partial charge on any atom is -0.370 e. The van der Waals surface area contributed by atoms with E-state index >= 15 is 0 Å². The van der Waals surface area contributed by atoms with E-state index in [0.29, 0.717) is 11.1 Å². The predicted molar refractivity (Wildman–Crippen MR) is 145 cm³/mol. The van der Waals surface area contributed by atoms with Crippen LogP contribution < -0.4 is 20.4 Å². The van der Waals surface area contributed by atoms with E-state index < -0.39 is 0 Å². The number of halogens is 2. The van der Waals surface area contributed by atoms with E-state index in [-0.39, 0.29) is 24.0 Å². The molecule has 3 heterocycles. The summed E-state index contributed by atoms with van der Waals surface area (Å²) in [5, 5.41) is 7.67. The molecule has 0 bridgehead atoms. The van der Waals surface area contributed by atoms with E-state index in [2.05, 4.69) is 54.7 Å². The first-order chi connectivity index (χ1) is 14.7. The van der Waals surface area contributed by atoms with Gasteiger partial charge in [-0.1, -0.05) is 23.7 Å². The highest BCUT2D eigenvalue weighted by atomic mass is 127. The van der Waals surface area contributed by atoms with Gasteiger partial charge in [0.25, 0.3) is 0 Å². The molecular formula is C22H30ClIN6S. The SMILES string of the molecule is CN=C(NCc1ccc(N2CCSCC2)cc1)NC1CCN(c2ncccc2Cl)C1.I. The third-order valence-electron chi connectivity index (χ3n) is 5.56. The highest BCUT2D eigenvalue weighted by Gasteiger charge is 2.25. The van der Waals surface area contributed by atoms with Gasteiger partial charge in [0.05, 0.1) is 5.02 Å². The lowest BCUT2D eigenvalue weighted by Gasteiger charge is -2.28. The lowest BCUT2D eigenvalue weighted by atomic mass is 10.2. The Labute approximate surface area is 211 Å². The quantitative estimate of drug-likeness (QED) is 0.323. The average molecular weight is 573 g/mol. The molecule has 31 heavy (non-hydrogen) atoms. The van der Waals surface area contributed by atoms with Crippen LogP contribution in [0.5, 0.6) is 0 Å². The smallest absolute Gasteiger partial charge is 0.191 e. The standard InChI is InChI=1S/C22H29ClN6S.HI/c1-24-22(27-18-8-10-29(16-18)21-20(23)3-2-9-25-21)26-15-17-4-6-19(7-5-17)28-11-13-30-14-12-28;/h2-7,9,18H,8,10-16H2,1H3,(H2,24,26,27);1H. The summed E-state index contributed by atoms with van der Waals surface area (Å²) in [5.41, 5.74) is 2.57. The van der Waals surface area contributed by atoms with Crippen molar-refractivity contribution in [2.24, 2.45) is 4.99 Å². The Kier molecular flexibility index (Phi) is 9.40. The van der Waals surface area contributed by atoms with Crippen molar-refractivity contribution in [1.29, 1.82) is 0 Å². The maximum Gasteiger partial charge on any atom is 0.191 e. The fourth-order valence-electron chi connectivity index (χ4n) is 3.90. The van der Waals surface area contributed by atoms with Gasteiger partial charge in [-0.05, 0) is 36.2 Å². The van der Waals surface area contributed by atoms with Gasteiger partial charge in [-0.2, -0.15) is 11.8 Å². The number of aromatic nitrogens is 1. The summed E-state index contributed by atoms with van der Waals surface area (Å²) in [5.74, 6) is 4.12. The minimum absolute atomic E-state index is 0. The van der Waals surface area contributed by atoms with Gasteiger partial charge in [0.1, 0.15) is 5.82 Å². The van der Waals surface area contributed by atoms with Gasteiger partial charge in [0.15, 0.2) is 5.96 Å². The summed E-state index contributed by atoms with van der Waals surface area (Å²) in [4.78, 5) is 13.5. The van der Waals surface area contributed by atoms with Crippen LogP contribution in [0.2, 0.25) is 5.02 Å². The molecule has 1 atom stereocenters. The van der Waals surface area contributed by atoms with Crippen LogP contribution in [0.15, 0.2) is 47.6 Å². The van der Waals surface area contributed by atoms with E-state index in [4.69, 9.17) is 11.6 Å². The summed E-state index contributed by atoms with van der Waals surface area (Å²) in [7, 11) is 1.81. The number of anilines is 2. The normalized spacial score (nSPS) is 19.2. The van der Waals surface area contributed by atoms with Crippen molar-refractivity contribution in [3.63, 3.8) is 0 Å². The van der Waals surface area contributed by atoms with E-state index in [9.17, 15) is 0 Å². The largest absolute Gasteiger partial charge is 0.370 e. The molecular weight excluding hydrogens is 543 g/mol. The molecule has 2 fully saturated rings. The van der Waals surface area contributed by atoms with E-state index in [1.807, 2.05) is 30.9 Å². The topological polar surface area (TPSA) is 55.8 Å². The number of benzene rings is 1. The Morgan fingerprint density at radius 1 is 1.16 bits per heavy atom. The fourth-order valence-corrected chi connectivity index (χ4v) is 5.04. The molecule has 0 aliphatic carbocycles. The van der Waals surface area contributed by atoms with Gasteiger partial charge >= 0.3 is 0 Å². The monoisotopic (exact) mass is 572 g/mol. The molecule has 2 aliphatic heterocycles. The van der Waals surface area contributed by atoms with Gasteiger partial charge in [0, 0.05) is 69.2 Å². The Bertz CT molecular complexity index is 859. The van der Waals surface area contributed by atoms with E-state index in [0.717, 1.165) is 50.9 Å². The van der Waals surface area contributed by atoms with Gasteiger partial charge in [-0.25, -0.2) is 4.98 Å². The third-order valence-corrected chi connectivity index (χ3v) is 6.80. The highest BCUT2D eigenvalue weighted by molar-refractivity contribution is 14.0. The van der Waals surface area contributed by atoms with Crippen molar-refractivity contribution < 1.29 is 0 Å². The maximum absolute atomic E-state index is 6.30. The molecule has 2 aliphatic rings. The molecule has 0 spiro atoms. The maximum atomic E-state index is 6.30. The number of nitrogens with one attached hydrogen (secondary N) is 2. The zero-order valence-corrected chi connectivity index (χ0v) is 21.7.